The molecule has 0 bridgehead atoms. The predicted molar refractivity (Wildman–Crippen MR) is 92.0 cm³/mol. The van der Waals surface area contributed by atoms with E-state index in [1.165, 1.54) is 11.3 Å². The number of rotatable bonds is 4. The van der Waals surface area contributed by atoms with Gasteiger partial charge in [-0.3, -0.25) is 9.59 Å². The molecule has 0 atom stereocenters. The van der Waals surface area contributed by atoms with Crippen LogP contribution in [0.1, 0.15) is 25.7 Å². The third-order valence-corrected chi connectivity index (χ3v) is 5.18. The Labute approximate surface area is 142 Å². The number of primary amides is 1. The second kappa shape index (κ2) is 6.70. The molecule has 0 saturated carbocycles. The number of hydrogen-bond acceptors (Lipinski definition) is 4. The molecule has 1 aliphatic rings. The van der Waals surface area contributed by atoms with E-state index in [0.717, 1.165) is 34.8 Å². The number of fused-ring (bicyclic) bond motifs is 1. The maximum atomic E-state index is 12.2. The highest BCUT2D eigenvalue weighted by Crippen LogP contribution is 2.31. The van der Waals surface area contributed by atoms with Gasteiger partial charge in [-0.25, -0.2) is 0 Å². The summed E-state index contributed by atoms with van der Waals surface area (Å²) < 4.78 is 0. The van der Waals surface area contributed by atoms with Crippen molar-refractivity contribution in [3.63, 3.8) is 0 Å². The van der Waals surface area contributed by atoms with Crippen molar-refractivity contribution >= 4 is 40.4 Å². The van der Waals surface area contributed by atoms with Crippen LogP contribution in [0.4, 0.5) is 5.69 Å². The first-order valence-corrected chi connectivity index (χ1v) is 8.43. The zero-order valence-corrected chi connectivity index (χ0v) is 13.9. The van der Waals surface area contributed by atoms with Crippen molar-refractivity contribution in [3.05, 3.63) is 50.2 Å². The molecule has 120 valence electrons. The minimum absolute atomic E-state index is 0.137. The van der Waals surface area contributed by atoms with E-state index in [-0.39, 0.29) is 12.3 Å². The first-order valence-electron chi connectivity index (χ1n) is 7.24. The number of thiophene rings is 1. The summed E-state index contributed by atoms with van der Waals surface area (Å²) in [5.74, 6) is -0.639. The van der Waals surface area contributed by atoms with Crippen LogP contribution in [0, 0.1) is 0 Å². The minimum atomic E-state index is -0.460. The van der Waals surface area contributed by atoms with E-state index in [1.54, 1.807) is 24.3 Å². The highest BCUT2D eigenvalue weighted by molar-refractivity contribution is 7.12. The van der Waals surface area contributed by atoms with Crippen LogP contribution in [0.15, 0.2) is 24.3 Å². The lowest BCUT2D eigenvalue weighted by Crippen LogP contribution is -2.25. The average Bonchev–Trinajstić information content (AvgIpc) is 2.87. The van der Waals surface area contributed by atoms with Crippen molar-refractivity contribution in [1.29, 1.82) is 0 Å². The highest BCUT2D eigenvalue weighted by atomic mass is 35.5. The van der Waals surface area contributed by atoms with Gasteiger partial charge in [0.2, 0.25) is 11.8 Å². The smallest absolute Gasteiger partial charge is 0.250 e. The number of amides is 2. The summed E-state index contributed by atoms with van der Waals surface area (Å²) in [5.41, 5.74) is 7.72. The second-order valence-electron chi connectivity index (χ2n) is 5.32. The van der Waals surface area contributed by atoms with Gasteiger partial charge in [-0.15, -0.1) is 11.3 Å². The van der Waals surface area contributed by atoms with Crippen molar-refractivity contribution in [2.45, 2.75) is 19.4 Å². The Morgan fingerprint density at radius 1 is 1.30 bits per heavy atom. The molecule has 0 spiro atoms. The van der Waals surface area contributed by atoms with Crippen molar-refractivity contribution in [2.75, 3.05) is 11.9 Å². The van der Waals surface area contributed by atoms with E-state index in [9.17, 15) is 9.59 Å². The molecule has 1 aromatic carbocycles. The summed E-state index contributed by atoms with van der Waals surface area (Å²) >= 11 is 7.31. The molecule has 0 radical (unpaired) electrons. The monoisotopic (exact) mass is 349 g/mol. The first kappa shape index (κ1) is 16.0. The van der Waals surface area contributed by atoms with Gasteiger partial charge in [0.15, 0.2) is 0 Å². The maximum Gasteiger partial charge on any atom is 0.250 e. The van der Waals surface area contributed by atoms with Gasteiger partial charge in [0, 0.05) is 27.0 Å². The third kappa shape index (κ3) is 3.55. The van der Waals surface area contributed by atoms with Gasteiger partial charge in [0.1, 0.15) is 0 Å². The molecule has 0 aliphatic carbocycles. The second-order valence-corrected chi connectivity index (χ2v) is 6.95. The molecule has 5 nitrogen and oxygen atoms in total. The summed E-state index contributed by atoms with van der Waals surface area (Å²) in [5, 5.41) is 6.68. The van der Waals surface area contributed by atoms with Crippen LogP contribution in [0.2, 0.25) is 5.02 Å². The molecular formula is C16H16ClN3O2S. The number of hydrogen-bond donors (Lipinski definition) is 3. The predicted octanol–water partition coefficient (Wildman–Crippen LogP) is 2.33. The number of benzene rings is 1. The van der Waals surface area contributed by atoms with E-state index in [4.69, 9.17) is 17.3 Å². The Morgan fingerprint density at radius 2 is 2.04 bits per heavy atom. The van der Waals surface area contributed by atoms with Crippen LogP contribution in [-0.4, -0.2) is 18.4 Å². The fourth-order valence-corrected chi connectivity index (χ4v) is 4.14. The largest absolute Gasteiger partial charge is 0.366 e. The Hall–Kier alpha value is -1.89. The summed E-state index contributed by atoms with van der Waals surface area (Å²) in [7, 11) is 0. The molecule has 3 rings (SSSR count). The van der Waals surface area contributed by atoms with Crippen molar-refractivity contribution in [3.8, 4) is 0 Å². The van der Waals surface area contributed by atoms with Crippen LogP contribution in [-0.2, 0) is 24.2 Å². The van der Waals surface area contributed by atoms with E-state index >= 15 is 0 Å². The molecule has 23 heavy (non-hydrogen) atoms. The van der Waals surface area contributed by atoms with Crippen LogP contribution in [0.25, 0.3) is 0 Å². The zero-order chi connectivity index (χ0) is 16.4. The highest BCUT2D eigenvalue weighted by Gasteiger charge is 2.24. The Balaban J connectivity index is 1.79. The van der Waals surface area contributed by atoms with Crippen LogP contribution >= 0.6 is 22.9 Å². The number of nitrogens with two attached hydrogens (primary N) is 1. The van der Waals surface area contributed by atoms with Crippen molar-refractivity contribution < 1.29 is 9.59 Å². The number of nitrogens with one attached hydrogen (secondary N) is 2. The molecule has 4 N–H and O–H groups in total. The normalized spacial score (nSPS) is 13.4. The number of anilines is 1. The zero-order valence-electron chi connectivity index (χ0n) is 12.3. The van der Waals surface area contributed by atoms with E-state index in [1.807, 2.05) is 0 Å². The lowest BCUT2D eigenvalue weighted by Gasteiger charge is -2.13. The molecule has 0 fully saturated rings. The lowest BCUT2D eigenvalue weighted by atomic mass is 10.0. The van der Waals surface area contributed by atoms with Gasteiger partial charge in [-0.2, -0.15) is 0 Å². The third-order valence-electron chi connectivity index (χ3n) is 3.70. The number of carbonyl (C=O) groups excluding carboxylic acids is 2. The van der Waals surface area contributed by atoms with Crippen LogP contribution < -0.4 is 16.4 Å². The van der Waals surface area contributed by atoms with Gasteiger partial charge >= 0.3 is 0 Å². The quantitative estimate of drug-likeness (QED) is 0.792. The minimum Gasteiger partial charge on any atom is -0.366 e. The molecule has 0 saturated heterocycles. The van der Waals surface area contributed by atoms with E-state index in [2.05, 4.69) is 10.6 Å². The molecule has 1 aromatic heterocycles. The van der Waals surface area contributed by atoms with Gasteiger partial charge in [-0.1, -0.05) is 11.6 Å². The summed E-state index contributed by atoms with van der Waals surface area (Å²) in [6.07, 6.45) is 0.904. The molecule has 2 amide bonds. The van der Waals surface area contributed by atoms with Gasteiger partial charge < -0.3 is 16.4 Å². The number of carbonyl (C=O) groups is 2. The van der Waals surface area contributed by atoms with Crippen molar-refractivity contribution in [1.82, 2.24) is 5.32 Å². The van der Waals surface area contributed by atoms with E-state index in [0.29, 0.717) is 16.3 Å². The molecule has 7 heteroatoms. The van der Waals surface area contributed by atoms with Crippen LogP contribution in [0.5, 0.6) is 0 Å². The standard InChI is InChI=1S/C16H16ClN3O2S/c17-9-1-3-10(4-2-9)20-14(21)7-12-15(16(18)22)11-5-6-19-8-13(11)23-12/h1-4,19H,5-8H2,(H2,18,22)(H,20,21). The van der Waals surface area contributed by atoms with Crippen molar-refractivity contribution in [2.24, 2.45) is 5.73 Å². The van der Waals surface area contributed by atoms with Gasteiger partial charge in [-0.05, 0) is 42.8 Å². The molecule has 2 heterocycles. The van der Waals surface area contributed by atoms with Gasteiger partial charge in [0.25, 0.3) is 0 Å². The van der Waals surface area contributed by atoms with Crippen LogP contribution in [0.3, 0.4) is 0 Å². The fourth-order valence-electron chi connectivity index (χ4n) is 2.69. The van der Waals surface area contributed by atoms with E-state index < -0.39 is 5.91 Å². The average molecular weight is 350 g/mol. The summed E-state index contributed by atoms with van der Waals surface area (Å²) in [4.78, 5) is 25.9. The molecule has 2 aromatic rings. The summed E-state index contributed by atoms with van der Waals surface area (Å²) in [6, 6.07) is 6.89. The Morgan fingerprint density at radius 3 is 2.74 bits per heavy atom. The topological polar surface area (TPSA) is 84.2 Å². The van der Waals surface area contributed by atoms with Gasteiger partial charge in [0.05, 0.1) is 12.0 Å². The number of halogens is 1. The Bertz CT molecular complexity index is 755. The lowest BCUT2D eigenvalue weighted by molar-refractivity contribution is -0.115. The Kier molecular flexibility index (Phi) is 4.66. The summed E-state index contributed by atoms with van der Waals surface area (Å²) in [6.45, 7) is 1.54. The molecule has 0 unspecified atom stereocenters. The fraction of sp³-hybridized carbons (Fsp3) is 0.250. The SMILES string of the molecule is NC(=O)c1c(CC(=O)Nc2ccc(Cl)cc2)sc2c1CCNC2. The molecular weight excluding hydrogens is 334 g/mol. The molecule has 1 aliphatic heterocycles. The first-order chi connectivity index (χ1) is 11.0. The maximum absolute atomic E-state index is 12.2.